The van der Waals surface area contributed by atoms with Crippen molar-refractivity contribution in [2.45, 2.75) is 12.8 Å². The summed E-state index contributed by atoms with van der Waals surface area (Å²) in [6, 6.07) is 37.4. The van der Waals surface area contributed by atoms with Gasteiger partial charge in [0.25, 0.3) is 0 Å². The molecule has 1 aliphatic heterocycles. The molecule has 5 rings (SSSR count). The van der Waals surface area contributed by atoms with Crippen molar-refractivity contribution in [2.24, 2.45) is 4.99 Å². The molecule has 0 aliphatic carbocycles. The molecule has 0 radical (unpaired) electrons. The predicted octanol–water partition coefficient (Wildman–Crippen LogP) is 7.33. The van der Waals surface area contributed by atoms with Crippen LogP contribution in [0.3, 0.4) is 0 Å². The van der Waals surface area contributed by atoms with Gasteiger partial charge in [0.1, 0.15) is 11.5 Å². The molecule has 0 fully saturated rings. The van der Waals surface area contributed by atoms with Crippen LogP contribution < -0.4 is 4.74 Å². The number of para-hydroxylation sites is 1. The summed E-state index contributed by atoms with van der Waals surface area (Å²) in [5.74, 6) is 1.78. The fourth-order valence-corrected chi connectivity index (χ4v) is 4.01. The van der Waals surface area contributed by atoms with Crippen molar-refractivity contribution in [3.05, 3.63) is 137 Å². The summed E-state index contributed by atoms with van der Waals surface area (Å²) in [5.41, 5.74) is 6.62. The molecule has 0 saturated carbocycles. The molecule has 0 N–H and O–H groups in total. The number of rotatable bonds is 4. The largest absolute Gasteiger partial charge is 0.456 e. The molecule has 1 atom stereocenters. The van der Waals surface area contributed by atoms with Crippen molar-refractivity contribution < 1.29 is 4.74 Å². The van der Waals surface area contributed by atoms with Crippen molar-refractivity contribution in [3.8, 4) is 5.75 Å². The van der Waals surface area contributed by atoms with Crippen LogP contribution in [-0.4, -0.2) is 6.21 Å². The summed E-state index contributed by atoms with van der Waals surface area (Å²) < 4.78 is 6.48. The number of benzene rings is 4. The lowest BCUT2D eigenvalue weighted by atomic mass is 9.81. The first kappa shape index (κ1) is 19.1. The molecule has 1 heterocycles. The van der Waals surface area contributed by atoms with Gasteiger partial charge in [-0.2, -0.15) is 0 Å². The van der Waals surface area contributed by atoms with Crippen molar-refractivity contribution in [2.75, 3.05) is 0 Å². The van der Waals surface area contributed by atoms with Crippen molar-refractivity contribution in [1.29, 1.82) is 0 Å². The summed E-state index contributed by atoms with van der Waals surface area (Å²) in [7, 11) is 0. The highest BCUT2D eigenvalue weighted by Gasteiger charge is 2.30. The van der Waals surface area contributed by atoms with E-state index in [1.54, 1.807) is 0 Å². The van der Waals surface area contributed by atoms with E-state index in [1.165, 1.54) is 11.1 Å². The van der Waals surface area contributed by atoms with E-state index in [2.05, 4.69) is 73.7 Å². The van der Waals surface area contributed by atoms with Crippen molar-refractivity contribution in [3.63, 3.8) is 0 Å². The number of fused-ring (bicyclic) bond motifs is 1. The third kappa shape index (κ3) is 3.93. The smallest absolute Gasteiger partial charge is 0.140 e. The van der Waals surface area contributed by atoms with Gasteiger partial charge < -0.3 is 4.74 Å². The van der Waals surface area contributed by atoms with Gasteiger partial charge in [0.2, 0.25) is 0 Å². The standard InChI is InChI=1S/C29H23NO/c1-21-16-18-24(19-17-21)30-20-26-28(22-10-4-2-5-11-22)25-14-8-9-15-27(25)31-29(26)23-12-6-3-7-13-23/h2-20,28H,1H3/t28-/m0/s1. The fourth-order valence-electron chi connectivity index (χ4n) is 4.01. The second-order valence-electron chi connectivity index (χ2n) is 7.73. The number of aryl methyl sites for hydroxylation is 1. The molecule has 1 aliphatic rings. The Balaban J connectivity index is 1.71. The number of allylic oxidation sites excluding steroid dienone is 1. The number of hydrogen-bond donors (Lipinski definition) is 0. The minimum atomic E-state index is 0.0376. The lowest BCUT2D eigenvalue weighted by molar-refractivity contribution is 0.489. The van der Waals surface area contributed by atoms with E-state index in [0.717, 1.165) is 33.9 Å². The van der Waals surface area contributed by atoms with E-state index in [1.807, 2.05) is 48.7 Å². The molecule has 0 bridgehead atoms. The quantitative estimate of drug-likeness (QED) is 0.328. The highest BCUT2D eigenvalue weighted by atomic mass is 16.5. The fraction of sp³-hybridized carbons (Fsp3) is 0.0690. The van der Waals surface area contributed by atoms with Gasteiger partial charge >= 0.3 is 0 Å². The number of aliphatic imine (C=N–C) groups is 1. The summed E-state index contributed by atoms with van der Waals surface area (Å²) in [5, 5.41) is 0. The maximum absolute atomic E-state index is 6.48. The molecule has 0 amide bonds. The van der Waals surface area contributed by atoms with Crippen LogP contribution in [0, 0.1) is 6.92 Å². The summed E-state index contributed by atoms with van der Waals surface area (Å²) >= 11 is 0. The summed E-state index contributed by atoms with van der Waals surface area (Å²) in [6.07, 6.45) is 1.97. The molecule has 2 heteroatoms. The van der Waals surface area contributed by atoms with Crippen LogP contribution >= 0.6 is 0 Å². The molecule has 4 aromatic rings. The van der Waals surface area contributed by atoms with Crippen LogP contribution in [0.4, 0.5) is 5.69 Å². The zero-order chi connectivity index (χ0) is 21.0. The Morgan fingerprint density at radius 3 is 2.10 bits per heavy atom. The maximum Gasteiger partial charge on any atom is 0.140 e. The number of hydrogen-bond acceptors (Lipinski definition) is 2. The third-order valence-electron chi connectivity index (χ3n) is 5.57. The van der Waals surface area contributed by atoms with E-state index in [4.69, 9.17) is 9.73 Å². The third-order valence-corrected chi connectivity index (χ3v) is 5.57. The molecular weight excluding hydrogens is 378 g/mol. The first-order valence-corrected chi connectivity index (χ1v) is 10.5. The van der Waals surface area contributed by atoms with E-state index in [9.17, 15) is 0 Å². The number of ether oxygens (including phenoxy) is 1. The van der Waals surface area contributed by atoms with Crippen molar-refractivity contribution >= 4 is 17.7 Å². The van der Waals surface area contributed by atoms with Crippen LogP contribution in [0.2, 0.25) is 0 Å². The van der Waals surface area contributed by atoms with E-state index >= 15 is 0 Å². The van der Waals surface area contributed by atoms with Gasteiger partial charge in [-0.05, 0) is 30.7 Å². The van der Waals surface area contributed by atoms with Gasteiger partial charge in [-0.3, -0.25) is 4.99 Å². The first-order chi connectivity index (χ1) is 15.3. The van der Waals surface area contributed by atoms with Crippen LogP contribution in [0.15, 0.2) is 120 Å². The Kier molecular flexibility index (Phi) is 5.20. The first-order valence-electron chi connectivity index (χ1n) is 10.5. The average Bonchev–Trinajstić information content (AvgIpc) is 2.84. The zero-order valence-corrected chi connectivity index (χ0v) is 17.4. The van der Waals surface area contributed by atoms with Gasteiger partial charge in [0.15, 0.2) is 0 Å². The van der Waals surface area contributed by atoms with E-state index in [0.29, 0.717) is 0 Å². The van der Waals surface area contributed by atoms with E-state index in [-0.39, 0.29) is 5.92 Å². The molecule has 0 spiro atoms. The minimum Gasteiger partial charge on any atom is -0.456 e. The van der Waals surface area contributed by atoms with Crippen LogP contribution in [0.1, 0.15) is 28.2 Å². The Labute approximate surface area is 183 Å². The second kappa shape index (κ2) is 8.45. The average molecular weight is 402 g/mol. The summed E-state index contributed by atoms with van der Waals surface area (Å²) in [6.45, 7) is 2.08. The van der Waals surface area contributed by atoms with E-state index < -0.39 is 0 Å². The Morgan fingerprint density at radius 2 is 1.35 bits per heavy atom. The second-order valence-corrected chi connectivity index (χ2v) is 7.73. The van der Waals surface area contributed by atoms with Gasteiger partial charge in [-0.15, -0.1) is 0 Å². The van der Waals surface area contributed by atoms with Gasteiger partial charge in [-0.1, -0.05) is 96.6 Å². The molecule has 0 unspecified atom stereocenters. The number of nitrogens with zero attached hydrogens (tertiary/aromatic N) is 1. The topological polar surface area (TPSA) is 21.6 Å². The lowest BCUT2D eigenvalue weighted by Gasteiger charge is -2.30. The van der Waals surface area contributed by atoms with Crippen molar-refractivity contribution in [1.82, 2.24) is 0 Å². The normalized spacial score (nSPS) is 15.6. The zero-order valence-electron chi connectivity index (χ0n) is 17.4. The monoisotopic (exact) mass is 401 g/mol. The van der Waals surface area contributed by atoms with Crippen LogP contribution in [-0.2, 0) is 0 Å². The highest BCUT2D eigenvalue weighted by molar-refractivity contribution is 5.95. The molecule has 2 nitrogen and oxygen atoms in total. The Bertz CT molecular complexity index is 1240. The van der Waals surface area contributed by atoms with Gasteiger partial charge in [0.05, 0.1) is 5.69 Å². The van der Waals surface area contributed by atoms with Crippen LogP contribution in [0.5, 0.6) is 5.75 Å². The lowest BCUT2D eigenvalue weighted by Crippen LogP contribution is -2.17. The highest BCUT2D eigenvalue weighted by Crippen LogP contribution is 2.45. The Morgan fingerprint density at radius 1 is 0.710 bits per heavy atom. The van der Waals surface area contributed by atoms with Gasteiger partial charge in [0, 0.05) is 28.8 Å². The molecule has 0 saturated heterocycles. The van der Waals surface area contributed by atoms with Gasteiger partial charge in [-0.25, -0.2) is 0 Å². The molecule has 31 heavy (non-hydrogen) atoms. The molecule has 4 aromatic carbocycles. The summed E-state index contributed by atoms with van der Waals surface area (Å²) in [4.78, 5) is 4.83. The molecular formula is C29H23NO. The SMILES string of the molecule is Cc1ccc(N=CC2=C(c3ccccc3)Oc3ccccc3[C@@H]2c2ccccc2)cc1. The molecule has 0 aromatic heterocycles. The molecule has 150 valence electrons. The van der Waals surface area contributed by atoms with Crippen LogP contribution in [0.25, 0.3) is 5.76 Å². The Hall–Kier alpha value is -3.91. The minimum absolute atomic E-state index is 0.0376. The predicted molar refractivity (Wildman–Crippen MR) is 128 cm³/mol. The maximum atomic E-state index is 6.48.